The quantitative estimate of drug-likeness (QED) is 0.920. The number of ether oxygens (including phenoxy) is 1. The third kappa shape index (κ3) is 2.05. The Morgan fingerprint density at radius 2 is 2.20 bits per heavy atom. The molecule has 1 heterocycles. The summed E-state index contributed by atoms with van der Waals surface area (Å²) in [5, 5.41) is 0.369. The van der Waals surface area contributed by atoms with E-state index in [1.54, 1.807) is 0 Å². The smallest absolute Gasteiger partial charge is 0.387 e. The van der Waals surface area contributed by atoms with Crippen molar-refractivity contribution in [1.82, 2.24) is 9.97 Å². The van der Waals surface area contributed by atoms with Crippen LogP contribution in [0.2, 0.25) is 5.02 Å². The van der Waals surface area contributed by atoms with Gasteiger partial charge in [0.05, 0.1) is 5.02 Å². The molecule has 2 aromatic rings. The van der Waals surface area contributed by atoms with E-state index in [1.165, 1.54) is 12.1 Å². The molecule has 80 valence electrons. The van der Waals surface area contributed by atoms with Crippen molar-refractivity contribution < 1.29 is 13.5 Å². The average molecular weight is 297 g/mol. The third-order valence-corrected chi connectivity index (χ3v) is 2.43. The van der Waals surface area contributed by atoms with Crippen LogP contribution >= 0.6 is 27.5 Å². The maximum Gasteiger partial charge on any atom is 0.387 e. The number of benzene rings is 1. The number of fused-ring (bicyclic) bond motifs is 1. The number of imidazole rings is 1. The molecule has 0 aliphatic rings. The summed E-state index contributed by atoms with van der Waals surface area (Å²) in [6.45, 7) is -2.88. The van der Waals surface area contributed by atoms with Gasteiger partial charge in [-0.15, -0.1) is 0 Å². The van der Waals surface area contributed by atoms with Crippen molar-refractivity contribution in [2.75, 3.05) is 0 Å². The number of nitrogens with one attached hydrogen (secondary N) is 1. The highest BCUT2D eigenvalue weighted by Gasteiger charge is 2.13. The number of aromatic amines is 1. The zero-order valence-electron chi connectivity index (χ0n) is 7.10. The summed E-state index contributed by atoms with van der Waals surface area (Å²) in [4.78, 5) is 6.72. The minimum atomic E-state index is -2.88. The molecular formula is C8H4BrClF2N2O. The molecule has 0 aliphatic heterocycles. The number of halogens is 4. The van der Waals surface area contributed by atoms with E-state index < -0.39 is 6.61 Å². The molecule has 0 bridgehead atoms. The highest BCUT2D eigenvalue weighted by atomic mass is 79.9. The van der Waals surface area contributed by atoms with Crippen molar-refractivity contribution in [2.45, 2.75) is 6.61 Å². The van der Waals surface area contributed by atoms with Gasteiger partial charge in [0.1, 0.15) is 11.0 Å². The molecule has 3 nitrogen and oxygen atoms in total. The van der Waals surface area contributed by atoms with Crippen LogP contribution in [0.15, 0.2) is 16.9 Å². The van der Waals surface area contributed by atoms with Crippen LogP contribution in [0.3, 0.4) is 0 Å². The first kappa shape index (κ1) is 10.6. The largest absolute Gasteiger partial charge is 0.433 e. The van der Waals surface area contributed by atoms with Gasteiger partial charge in [0.2, 0.25) is 0 Å². The summed E-state index contributed by atoms with van der Waals surface area (Å²) in [5.41, 5.74) is 0.733. The second kappa shape index (κ2) is 3.94. The summed E-state index contributed by atoms with van der Waals surface area (Å²) in [5.74, 6) is 0.0163. The van der Waals surface area contributed by atoms with Gasteiger partial charge in [-0.3, -0.25) is 0 Å². The molecule has 2 rings (SSSR count). The predicted molar refractivity (Wildman–Crippen MR) is 55.4 cm³/mol. The Kier molecular flexibility index (Phi) is 2.79. The summed E-state index contributed by atoms with van der Waals surface area (Å²) in [6, 6.07) is 2.82. The zero-order valence-corrected chi connectivity index (χ0v) is 9.44. The molecule has 0 amide bonds. The van der Waals surface area contributed by atoms with Crippen LogP contribution in [0.5, 0.6) is 5.75 Å². The minimum Gasteiger partial charge on any atom is -0.433 e. The molecule has 1 aromatic heterocycles. The highest BCUT2D eigenvalue weighted by molar-refractivity contribution is 9.10. The normalized spacial score (nSPS) is 11.3. The Morgan fingerprint density at radius 3 is 2.87 bits per heavy atom. The van der Waals surface area contributed by atoms with E-state index in [1.807, 2.05) is 0 Å². The van der Waals surface area contributed by atoms with E-state index in [0.717, 1.165) is 0 Å². The molecule has 0 radical (unpaired) electrons. The van der Waals surface area contributed by atoms with Crippen molar-refractivity contribution in [3.63, 3.8) is 0 Å². The first-order valence-electron chi connectivity index (χ1n) is 3.86. The standard InChI is InChI=1S/C8H4BrClF2N2O/c9-7-13-5-3(10)1-2-4(6(5)14-7)15-8(11)12/h1-2,8H,(H,13,14). The van der Waals surface area contributed by atoms with Crippen molar-refractivity contribution in [3.8, 4) is 5.75 Å². The number of H-pyrrole nitrogens is 1. The number of rotatable bonds is 2. The Morgan fingerprint density at radius 1 is 1.47 bits per heavy atom. The van der Waals surface area contributed by atoms with E-state index >= 15 is 0 Å². The van der Waals surface area contributed by atoms with Crippen LogP contribution in [0.1, 0.15) is 0 Å². The van der Waals surface area contributed by atoms with Gasteiger partial charge in [0.15, 0.2) is 10.5 Å². The topological polar surface area (TPSA) is 37.9 Å². The lowest BCUT2D eigenvalue weighted by atomic mass is 10.3. The fraction of sp³-hybridized carbons (Fsp3) is 0.125. The number of hydrogen-bond acceptors (Lipinski definition) is 2. The first-order chi connectivity index (χ1) is 7.08. The first-order valence-corrected chi connectivity index (χ1v) is 5.03. The fourth-order valence-electron chi connectivity index (χ4n) is 1.20. The lowest BCUT2D eigenvalue weighted by molar-refractivity contribution is -0.0489. The van der Waals surface area contributed by atoms with Gasteiger partial charge in [-0.1, -0.05) is 11.6 Å². The van der Waals surface area contributed by atoms with Gasteiger partial charge in [0, 0.05) is 0 Å². The van der Waals surface area contributed by atoms with Crippen LogP contribution in [0.25, 0.3) is 11.0 Å². The van der Waals surface area contributed by atoms with Gasteiger partial charge in [-0.2, -0.15) is 8.78 Å². The molecule has 0 unspecified atom stereocenters. The molecule has 0 fully saturated rings. The van der Waals surface area contributed by atoms with Gasteiger partial charge in [0.25, 0.3) is 0 Å². The lowest BCUT2D eigenvalue weighted by Crippen LogP contribution is -2.02. The Bertz CT molecular complexity index is 503. The molecule has 0 saturated heterocycles. The van der Waals surface area contributed by atoms with Crippen LogP contribution in [0.4, 0.5) is 8.78 Å². The minimum absolute atomic E-state index is 0.0163. The molecular weight excluding hydrogens is 293 g/mol. The molecule has 0 saturated carbocycles. The Hall–Kier alpha value is -0.880. The van der Waals surface area contributed by atoms with Crippen molar-refractivity contribution in [2.24, 2.45) is 0 Å². The molecule has 7 heteroatoms. The number of alkyl halides is 2. The third-order valence-electron chi connectivity index (χ3n) is 1.74. The maximum absolute atomic E-state index is 12.1. The molecule has 1 N–H and O–H groups in total. The molecule has 0 atom stereocenters. The van der Waals surface area contributed by atoms with Crippen molar-refractivity contribution in [3.05, 3.63) is 21.9 Å². The van der Waals surface area contributed by atoms with E-state index in [-0.39, 0.29) is 5.75 Å². The fourth-order valence-corrected chi connectivity index (χ4v) is 1.78. The molecule has 0 spiro atoms. The van der Waals surface area contributed by atoms with E-state index in [2.05, 4.69) is 30.6 Å². The summed E-state index contributed by atoms with van der Waals surface area (Å²) in [7, 11) is 0. The lowest BCUT2D eigenvalue weighted by Gasteiger charge is -2.05. The second-order valence-corrected chi connectivity index (χ2v) is 3.83. The molecule has 1 aromatic carbocycles. The number of aromatic nitrogens is 2. The van der Waals surface area contributed by atoms with Crippen molar-refractivity contribution >= 4 is 38.6 Å². The summed E-state index contributed by atoms with van der Waals surface area (Å²) < 4.78 is 28.8. The SMILES string of the molecule is FC(F)Oc1ccc(Cl)c2nc(Br)[nH]c12. The monoisotopic (exact) mass is 296 g/mol. The van der Waals surface area contributed by atoms with Crippen LogP contribution < -0.4 is 4.74 Å². The van der Waals surface area contributed by atoms with Gasteiger partial charge >= 0.3 is 6.61 Å². The second-order valence-electron chi connectivity index (χ2n) is 2.68. The van der Waals surface area contributed by atoms with Crippen LogP contribution in [-0.4, -0.2) is 16.6 Å². The van der Waals surface area contributed by atoms with Crippen LogP contribution in [0, 0.1) is 0 Å². The summed E-state index contributed by atoms with van der Waals surface area (Å²) in [6.07, 6.45) is 0. The number of nitrogens with zero attached hydrogens (tertiary/aromatic N) is 1. The zero-order chi connectivity index (χ0) is 11.0. The van der Waals surface area contributed by atoms with Gasteiger partial charge < -0.3 is 9.72 Å². The van der Waals surface area contributed by atoms with E-state index in [0.29, 0.717) is 20.8 Å². The Labute approximate surface area is 96.5 Å². The molecule has 15 heavy (non-hydrogen) atoms. The number of hydrogen-bond donors (Lipinski definition) is 1. The highest BCUT2D eigenvalue weighted by Crippen LogP contribution is 2.31. The Balaban J connectivity index is 2.60. The van der Waals surface area contributed by atoms with E-state index in [4.69, 9.17) is 11.6 Å². The maximum atomic E-state index is 12.1. The van der Waals surface area contributed by atoms with Crippen molar-refractivity contribution in [1.29, 1.82) is 0 Å². The molecule has 0 aliphatic carbocycles. The van der Waals surface area contributed by atoms with Gasteiger partial charge in [-0.05, 0) is 28.1 Å². The predicted octanol–water partition coefficient (Wildman–Crippen LogP) is 3.58. The average Bonchev–Trinajstić information content (AvgIpc) is 2.52. The van der Waals surface area contributed by atoms with Crippen LogP contribution in [-0.2, 0) is 0 Å². The summed E-state index contributed by atoms with van der Waals surface area (Å²) >= 11 is 8.92. The van der Waals surface area contributed by atoms with E-state index in [9.17, 15) is 8.78 Å². The van der Waals surface area contributed by atoms with Gasteiger partial charge in [-0.25, -0.2) is 4.98 Å².